The monoisotopic (exact) mass is 322 g/mol. The molecule has 2 heterocycles. The third kappa shape index (κ3) is 2.74. The molecule has 3 rings (SSSR count). The second-order valence-electron chi connectivity index (χ2n) is 5.24. The van der Waals surface area contributed by atoms with Crippen molar-refractivity contribution >= 4 is 26.9 Å². The summed E-state index contributed by atoms with van der Waals surface area (Å²) in [5, 5.41) is 0.887. The number of nitrogens with zero attached hydrogens (tertiary/aromatic N) is 2. The molecular formula is C15H18N2O4S. The van der Waals surface area contributed by atoms with Crippen LogP contribution in [0.25, 0.3) is 11.0 Å². The molecule has 1 aliphatic rings. The zero-order chi connectivity index (χ0) is 15.7. The Bertz CT molecular complexity index is 756. The molecule has 0 N–H and O–H groups in total. The van der Waals surface area contributed by atoms with Crippen molar-refractivity contribution in [1.82, 2.24) is 9.21 Å². The zero-order valence-corrected chi connectivity index (χ0v) is 13.2. The van der Waals surface area contributed by atoms with Gasteiger partial charge in [-0.05, 0) is 19.1 Å². The Morgan fingerprint density at radius 1 is 1.18 bits per heavy atom. The predicted octanol–water partition coefficient (Wildman–Crippen LogP) is 1.54. The summed E-state index contributed by atoms with van der Waals surface area (Å²) in [5.74, 6) is 0.197. The van der Waals surface area contributed by atoms with Gasteiger partial charge in [-0.2, -0.15) is 4.31 Å². The van der Waals surface area contributed by atoms with Crippen LogP contribution in [0, 0.1) is 0 Å². The minimum atomic E-state index is -3.18. The van der Waals surface area contributed by atoms with E-state index in [1.165, 1.54) is 4.31 Å². The first kappa shape index (κ1) is 15.1. The number of benzene rings is 1. The Hall–Kier alpha value is -1.86. The van der Waals surface area contributed by atoms with E-state index in [2.05, 4.69) is 0 Å². The molecule has 0 saturated carbocycles. The number of furan rings is 1. The number of hydrogen-bond donors (Lipinski definition) is 0. The average Bonchev–Trinajstić information content (AvgIpc) is 2.98. The number of para-hydroxylation sites is 1. The number of piperazine rings is 1. The molecule has 1 aromatic carbocycles. The van der Waals surface area contributed by atoms with Crippen LogP contribution >= 0.6 is 0 Å². The topological polar surface area (TPSA) is 70.8 Å². The molecular weight excluding hydrogens is 304 g/mol. The Labute approximate surface area is 129 Å². The molecule has 1 fully saturated rings. The van der Waals surface area contributed by atoms with E-state index in [-0.39, 0.29) is 11.7 Å². The minimum Gasteiger partial charge on any atom is -0.451 e. The van der Waals surface area contributed by atoms with Gasteiger partial charge in [0.05, 0.1) is 5.75 Å². The molecule has 0 aliphatic carbocycles. The largest absolute Gasteiger partial charge is 0.451 e. The van der Waals surface area contributed by atoms with Gasteiger partial charge in [0.25, 0.3) is 5.91 Å². The van der Waals surface area contributed by atoms with Gasteiger partial charge in [-0.15, -0.1) is 0 Å². The van der Waals surface area contributed by atoms with Gasteiger partial charge < -0.3 is 9.32 Å². The highest BCUT2D eigenvalue weighted by Crippen LogP contribution is 2.20. The highest BCUT2D eigenvalue weighted by molar-refractivity contribution is 7.89. The Morgan fingerprint density at radius 2 is 1.86 bits per heavy atom. The molecule has 1 saturated heterocycles. The van der Waals surface area contributed by atoms with E-state index in [1.54, 1.807) is 17.9 Å². The maximum Gasteiger partial charge on any atom is 0.289 e. The van der Waals surface area contributed by atoms with Crippen molar-refractivity contribution in [3.8, 4) is 0 Å². The van der Waals surface area contributed by atoms with Crippen LogP contribution in [0.1, 0.15) is 17.5 Å². The minimum absolute atomic E-state index is 0.0878. The smallest absolute Gasteiger partial charge is 0.289 e. The van der Waals surface area contributed by atoms with Crippen molar-refractivity contribution in [3.05, 3.63) is 36.1 Å². The Balaban J connectivity index is 1.72. The lowest BCUT2D eigenvalue weighted by Crippen LogP contribution is -2.50. The van der Waals surface area contributed by atoms with Crippen LogP contribution in [0.4, 0.5) is 0 Å². The molecule has 118 valence electrons. The summed E-state index contributed by atoms with van der Waals surface area (Å²) < 4.78 is 30.7. The first-order valence-corrected chi connectivity index (χ1v) is 8.88. The molecule has 0 atom stereocenters. The van der Waals surface area contributed by atoms with Gasteiger partial charge in [0, 0.05) is 31.6 Å². The zero-order valence-electron chi connectivity index (χ0n) is 12.4. The maximum atomic E-state index is 12.5. The molecule has 2 aromatic rings. The lowest BCUT2D eigenvalue weighted by molar-refractivity contribution is 0.0668. The van der Waals surface area contributed by atoms with E-state index >= 15 is 0 Å². The third-order valence-corrected chi connectivity index (χ3v) is 5.80. The van der Waals surface area contributed by atoms with Gasteiger partial charge >= 0.3 is 0 Å². The molecule has 0 bridgehead atoms. The Morgan fingerprint density at radius 3 is 2.50 bits per heavy atom. The van der Waals surface area contributed by atoms with Crippen LogP contribution in [0.5, 0.6) is 0 Å². The predicted molar refractivity (Wildman–Crippen MR) is 83.2 cm³/mol. The van der Waals surface area contributed by atoms with Crippen LogP contribution in [0.2, 0.25) is 0 Å². The quantitative estimate of drug-likeness (QED) is 0.859. The van der Waals surface area contributed by atoms with Crippen LogP contribution in [-0.2, 0) is 10.0 Å². The normalized spacial score (nSPS) is 17.0. The lowest BCUT2D eigenvalue weighted by Gasteiger charge is -2.33. The summed E-state index contributed by atoms with van der Waals surface area (Å²) in [6, 6.07) is 9.18. The summed E-state index contributed by atoms with van der Waals surface area (Å²) in [7, 11) is -3.18. The lowest BCUT2D eigenvalue weighted by atomic mass is 10.2. The second kappa shape index (κ2) is 5.73. The second-order valence-corrected chi connectivity index (χ2v) is 7.50. The van der Waals surface area contributed by atoms with Crippen molar-refractivity contribution in [2.24, 2.45) is 0 Å². The summed E-state index contributed by atoms with van der Waals surface area (Å²) in [6.45, 7) is 3.07. The molecule has 0 spiro atoms. The number of amides is 1. The van der Waals surface area contributed by atoms with Crippen molar-refractivity contribution in [3.63, 3.8) is 0 Å². The highest BCUT2D eigenvalue weighted by atomic mass is 32.2. The fourth-order valence-electron chi connectivity index (χ4n) is 2.60. The van der Waals surface area contributed by atoms with Crippen molar-refractivity contribution in [2.75, 3.05) is 31.9 Å². The average molecular weight is 322 g/mol. The molecule has 22 heavy (non-hydrogen) atoms. The standard InChI is InChI=1S/C15H18N2O4S/c1-2-22(19,20)17-9-7-16(8-10-17)15(18)14-11-12-5-3-4-6-13(12)21-14/h3-6,11H,2,7-10H2,1H3. The van der Waals surface area contributed by atoms with Crippen LogP contribution < -0.4 is 0 Å². The highest BCUT2D eigenvalue weighted by Gasteiger charge is 2.29. The van der Waals surface area contributed by atoms with Crippen LogP contribution in [-0.4, -0.2) is 55.5 Å². The van der Waals surface area contributed by atoms with Gasteiger partial charge in [0.2, 0.25) is 10.0 Å². The molecule has 1 amide bonds. The van der Waals surface area contributed by atoms with Crippen molar-refractivity contribution in [1.29, 1.82) is 0 Å². The van der Waals surface area contributed by atoms with E-state index in [0.29, 0.717) is 37.5 Å². The summed E-state index contributed by atoms with van der Waals surface area (Å²) in [4.78, 5) is 14.1. The van der Waals surface area contributed by atoms with Gasteiger partial charge in [0.15, 0.2) is 5.76 Å². The van der Waals surface area contributed by atoms with Crippen LogP contribution in [0.15, 0.2) is 34.7 Å². The number of rotatable bonds is 3. The summed E-state index contributed by atoms with van der Waals surface area (Å²) in [5.41, 5.74) is 0.679. The summed E-state index contributed by atoms with van der Waals surface area (Å²) in [6.07, 6.45) is 0. The van der Waals surface area contributed by atoms with Gasteiger partial charge in [-0.25, -0.2) is 8.42 Å². The van der Waals surface area contributed by atoms with Gasteiger partial charge in [-0.3, -0.25) is 4.79 Å². The first-order chi connectivity index (χ1) is 10.5. The first-order valence-electron chi connectivity index (χ1n) is 7.27. The molecule has 7 heteroatoms. The van der Waals surface area contributed by atoms with E-state index in [0.717, 1.165) is 5.39 Å². The number of hydrogen-bond acceptors (Lipinski definition) is 4. The van der Waals surface area contributed by atoms with E-state index in [9.17, 15) is 13.2 Å². The van der Waals surface area contributed by atoms with Crippen molar-refractivity contribution < 1.29 is 17.6 Å². The SMILES string of the molecule is CCS(=O)(=O)N1CCN(C(=O)c2cc3ccccc3o2)CC1. The molecule has 1 aromatic heterocycles. The number of carbonyl (C=O) groups excluding carboxylic acids is 1. The molecule has 0 radical (unpaired) electrons. The number of fused-ring (bicyclic) bond motifs is 1. The molecule has 0 unspecified atom stereocenters. The third-order valence-electron chi connectivity index (χ3n) is 3.92. The maximum absolute atomic E-state index is 12.5. The van der Waals surface area contributed by atoms with Crippen molar-refractivity contribution in [2.45, 2.75) is 6.92 Å². The number of carbonyl (C=O) groups is 1. The van der Waals surface area contributed by atoms with Gasteiger partial charge in [0.1, 0.15) is 5.58 Å². The van der Waals surface area contributed by atoms with E-state index in [4.69, 9.17) is 4.42 Å². The fourth-order valence-corrected chi connectivity index (χ4v) is 3.68. The molecule has 1 aliphatic heterocycles. The van der Waals surface area contributed by atoms with E-state index < -0.39 is 10.0 Å². The Kier molecular flexibility index (Phi) is 3.92. The fraction of sp³-hybridized carbons (Fsp3) is 0.400. The number of sulfonamides is 1. The summed E-state index contributed by atoms with van der Waals surface area (Å²) >= 11 is 0. The van der Waals surface area contributed by atoms with Gasteiger partial charge in [-0.1, -0.05) is 18.2 Å². The van der Waals surface area contributed by atoms with Crippen LogP contribution in [0.3, 0.4) is 0 Å². The van der Waals surface area contributed by atoms with E-state index in [1.807, 2.05) is 24.3 Å². The molecule has 6 nitrogen and oxygen atoms in total.